The van der Waals surface area contributed by atoms with Crippen molar-refractivity contribution in [3.8, 4) is 6.07 Å². The molecule has 134 valence electrons. The van der Waals surface area contributed by atoms with Crippen molar-refractivity contribution in [1.29, 1.82) is 5.26 Å². The lowest BCUT2D eigenvalue weighted by molar-refractivity contribution is 0.102. The quantitative estimate of drug-likeness (QED) is 0.669. The van der Waals surface area contributed by atoms with E-state index in [-0.39, 0.29) is 5.91 Å². The van der Waals surface area contributed by atoms with Gasteiger partial charge >= 0.3 is 0 Å². The van der Waals surface area contributed by atoms with Crippen LogP contribution in [0.4, 0.5) is 17.2 Å². The molecule has 2 N–H and O–H groups in total. The maximum atomic E-state index is 12.5. The van der Waals surface area contributed by atoms with Crippen molar-refractivity contribution in [2.75, 3.05) is 10.6 Å². The lowest BCUT2D eigenvalue weighted by Gasteiger charge is -2.14. The van der Waals surface area contributed by atoms with E-state index in [0.717, 1.165) is 5.69 Å². The zero-order chi connectivity index (χ0) is 19.2. The highest BCUT2D eigenvalue weighted by Crippen LogP contribution is 2.26. The summed E-state index contributed by atoms with van der Waals surface area (Å²) in [6.07, 6.45) is 1.61. The van der Waals surface area contributed by atoms with Crippen molar-refractivity contribution in [2.45, 2.75) is 19.8 Å². The lowest BCUT2D eigenvalue weighted by Crippen LogP contribution is -2.12. The molecule has 0 saturated carbocycles. The maximum absolute atomic E-state index is 12.5. The molecular weight excluding hydrogens is 336 g/mol. The molecule has 0 atom stereocenters. The first-order valence-electron chi connectivity index (χ1n) is 8.70. The first-order chi connectivity index (χ1) is 13.1. The van der Waals surface area contributed by atoms with Crippen molar-refractivity contribution in [3.63, 3.8) is 0 Å². The molecule has 0 unspecified atom stereocenters. The molecule has 27 heavy (non-hydrogen) atoms. The first-order valence-corrected chi connectivity index (χ1v) is 8.70. The van der Waals surface area contributed by atoms with Gasteiger partial charge in [0.05, 0.1) is 11.6 Å². The predicted octanol–water partition coefficient (Wildman–Crippen LogP) is 5.07. The van der Waals surface area contributed by atoms with E-state index in [1.807, 2.05) is 18.2 Å². The molecule has 1 heterocycles. The minimum atomic E-state index is -0.234. The van der Waals surface area contributed by atoms with Crippen LogP contribution in [-0.4, -0.2) is 10.9 Å². The Bertz CT molecular complexity index is 988. The zero-order valence-corrected chi connectivity index (χ0v) is 15.2. The Kier molecular flexibility index (Phi) is 5.48. The molecular formula is C22H20N4O. The number of amides is 1. The summed E-state index contributed by atoms with van der Waals surface area (Å²) >= 11 is 0. The summed E-state index contributed by atoms with van der Waals surface area (Å²) in [4.78, 5) is 16.8. The van der Waals surface area contributed by atoms with Crippen LogP contribution in [0, 0.1) is 11.3 Å². The van der Waals surface area contributed by atoms with Gasteiger partial charge in [0.25, 0.3) is 5.91 Å². The fourth-order valence-corrected chi connectivity index (χ4v) is 2.72. The van der Waals surface area contributed by atoms with E-state index in [1.165, 1.54) is 5.56 Å². The van der Waals surface area contributed by atoms with Gasteiger partial charge in [0.15, 0.2) is 0 Å². The first kappa shape index (κ1) is 18.2. The van der Waals surface area contributed by atoms with Gasteiger partial charge < -0.3 is 10.6 Å². The Hall–Kier alpha value is -3.65. The number of aromatic nitrogens is 1. The van der Waals surface area contributed by atoms with E-state index in [2.05, 4.69) is 41.6 Å². The van der Waals surface area contributed by atoms with Crippen LogP contribution in [0.3, 0.4) is 0 Å². The number of nitrogens with one attached hydrogen (secondary N) is 2. The van der Waals surface area contributed by atoms with E-state index < -0.39 is 0 Å². The van der Waals surface area contributed by atoms with E-state index in [1.54, 1.807) is 42.6 Å². The monoisotopic (exact) mass is 356 g/mol. The molecule has 0 spiro atoms. The third-order valence-electron chi connectivity index (χ3n) is 4.14. The number of benzene rings is 2. The van der Waals surface area contributed by atoms with E-state index >= 15 is 0 Å². The van der Waals surface area contributed by atoms with Crippen molar-refractivity contribution < 1.29 is 4.79 Å². The van der Waals surface area contributed by atoms with Crippen LogP contribution in [0.2, 0.25) is 0 Å². The molecule has 1 aromatic heterocycles. The van der Waals surface area contributed by atoms with Gasteiger partial charge in [-0.15, -0.1) is 0 Å². The predicted molar refractivity (Wildman–Crippen MR) is 107 cm³/mol. The second kappa shape index (κ2) is 8.15. The molecule has 1 amide bonds. The highest BCUT2D eigenvalue weighted by molar-refractivity contribution is 6.04. The van der Waals surface area contributed by atoms with Gasteiger partial charge in [0.2, 0.25) is 0 Å². The molecule has 3 rings (SSSR count). The number of carbonyl (C=O) groups is 1. The number of rotatable bonds is 5. The summed E-state index contributed by atoms with van der Waals surface area (Å²) in [7, 11) is 0. The van der Waals surface area contributed by atoms with E-state index in [0.29, 0.717) is 28.6 Å². The maximum Gasteiger partial charge on any atom is 0.255 e. The average Bonchev–Trinajstić information content (AvgIpc) is 2.69. The Morgan fingerprint density at radius 1 is 1.07 bits per heavy atom. The number of anilines is 3. The normalized spacial score (nSPS) is 10.3. The Morgan fingerprint density at radius 3 is 2.52 bits per heavy atom. The second-order valence-corrected chi connectivity index (χ2v) is 6.44. The number of pyridine rings is 1. The summed E-state index contributed by atoms with van der Waals surface area (Å²) in [5, 5.41) is 15.0. The molecule has 0 saturated heterocycles. The Balaban J connectivity index is 1.77. The molecule has 5 nitrogen and oxygen atoms in total. The Labute approximate surface area is 158 Å². The van der Waals surface area contributed by atoms with Crippen molar-refractivity contribution >= 4 is 23.1 Å². The molecule has 0 aliphatic heterocycles. The van der Waals surface area contributed by atoms with Gasteiger partial charge in [-0.1, -0.05) is 32.0 Å². The highest BCUT2D eigenvalue weighted by atomic mass is 16.1. The topological polar surface area (TPSA) is 77.8 Å². The van der Waals surface area contributed by atoms with Gasteiger partial charge in [-0.3, -0.25) is 4.79 Å². The second-order valence-electron chi connectivity index (χ2n) is 6.44. The average molecular weight is 356 g/mol. The molecule has 0 bridgehead atoms. The zero-order valence-electron chi connectivity index (χ0n) is 15.2. The number of nitrogens with zero attached hydrogens (tertiary/aromatic N) is 2. The van der Waals surface area contributed by atoms with Crippen molar-refractivity contribution in [2.24, 2.45) is 0 Å². The van der Waals surface area contributed by atoms with Crippen LogP contribution in [0.25, 0.3) is 0 Å². The smallest absolute Gasteiger partial charge is 0.255 e. The van der Waals surface area contributed by atoms with Gasteiger partial charge in [-0.05, 0) is 53.9 Å². The summed E-state index contributed by atoms with van der Waals surface area (Å²) in [5.41, 5.74) is 3.85. The molecule has 5 heteroatoms. The van der Waals surface area contributed by atoms with Gasteiger partial charge in [0, 0.05) is 23.1 Å². The van der Waals surface area contributed by atoms with E-state index in [9.17, 15) is 4.79 Å². The summed E-state index contributed by atoms with van der Waals surface area (Å²) in [6.45, 7) is 4.27. The number of para-hydroxylation sites is 1. The van der Waals surface area contributed by atoms with Gasteiger partial charge in [-0.25, -0.2) is 4.98 Å². The molecule has 2 aromatic carbocycles. The van der Waals surface area contributed by atoms with E-state index in [4.69, 9.17) is 5.26 Å². The van der Waals surface area contributed by atoms with Crippen LogP contribution >= 0.6 is 0 Å². The van der Waals surface area contributed by atoms with Crippen LogP contribution in [0.5, 0.6) is 0 Å². The molecule has 0 radical (unpaired) electrons. The van der Waals surface area contributed by atoms with Crippen LogP contribution in [-0.2, 0) is 0 Å². The lowest BCUT2D eigenvalue weighted by atomic mass is 10.0. The Morgan fingerprint density at radius 2 is 1.81 bits per heavy atom. The highest BCUT2D eigenvalue weighted by Gasteiger charge is 2.10. The van der Waals surface area contributed by atoms with Crippen molar-refractivity contribution in [3.05, 3.63) is 83.6 Å². The minimum absolute atomic E-state index is 0.234. The van der Waals surface area contributed by atoms with Gasteiger partial charge in [-0.2, -0.15) is 5.26 Å². The standard InChI is InChI=1S/C22H20N4O/c1-15(2)19-5-3-4-6-20(19)26-21-13-17(11-12-24-21)22(27)25-18-9-7-16(14-23)8-10-18/h3-13,15H,1-2H3,(H,24,26)(H,25,27). The fourth-order valence-electron chi connectivity index (χ4n) is 2.72. The third kappa shape index (κ3) is 4.50. The molecule has 0 fully saturated rings. The van der Waals surface area contributed by atoms with Crippen LogP contribution < -0.4 is 10.6 Å². The summed E-state index contributed by atoms with van der Waals surface area (Å²) in [5.74, 6) is 0.745. The largest absolute Gasteiger partial charge is 0.340 e. The minimum Gasteiger partial charge on any atom is -0.340 e. The summed E-state index contributed by atoms with van der Waals surface area (Å²) in [6, 6.07) is 20.2. The van der Waals surface area contributed by atoms with Crippen molar-refractivity contribution in [1.82, 2.24) is 4.98 Å². The van der Waals surface area contributed by atoms with Gasteiger partial charge in [0.1, 0.15) is 5.82 Å². The third-order valence-corrected chi connectivity index (χ3v) is 4.14. The van der Waals surface area contributed by atoms with Crippen LogP contribution in [0.1, 0.15) is 41.3 Å². The summed E-state index contributed by atoms with van der Waals surface area (Å²) < 4.78 is 0. The SMILES string of the molecule is CC(C)c1ccccc1Nc1cc(C(=O)Nc2ccc(C#N)cc2)ccn1. The molecule has 3 aromatic rings. The van der Waals surface area contributed by atoms with Crippen LogP contribution in [0.15, 0.2) is 66.9 Å². The molecule has 0 aliphatic carbocycles. The number of hydrogen-bond acceptors (Lipinski definition) is 4. The molecule has 0 aliphatic rings. The number of hydrogen-bond donors (Lipinski definition) is 2. The number of nitriles is 1. The number of carbonyl (C=O) groups excluding carboxylic acids is 1. The fraction of sp³-hybridized carbons (Fsp3) is 0.136.